The Balaban J connectivity index is 1.82. The van der Waals surface area contributed by atoms with Gasteiger partial charge in [0.05, 0.1) is 20.6 Å². The van der Waals surface area contributed by atoms with Crippen LogP contribution in [0.4, 0.5) is 5.69 Å². The first kappa shape index (κ1) is 23.9. The fourth-order valence-electron chi connectivity index (χ4n) is 4.20. The van der Waals surface area contributed by atoms with Crippen molar-refractivity contribution in [1.82, 2.24) is 0 Å². The molecule has 1 aliphatic heterocycles. The summed E-state index contributed by atoms with van der Waals surface area (Å²) in [5, 5.41) is 9.28. The normalized spacial score (nSPS) is 17.0. The van der Waals surface area contributed by atoms with Crippen LogP contribution in [0.15, 0.2) is 41.3 Å². The Hall–Kier alpha value is -1.76. The minimum atomic E-state index is -3.75. The maximum atomic E-state index is 13.3. The Bertz CT molecular complexity index is 1060. The van der Waals surface area contributed by atoms with E-state index in [-0.39, 0.29) is 22.3 Å². The lowest BCUT2D eigenvalue weighted by atomic mass is 9.85. The van der Waals surface area contributed by atoms with E-state index in [1.807, 2.05) is 24.3 Å². The third-order valence-corrected chi connectivity index (χ3v) is 8.40. The zero-order valence-corrected chi connectivity index (χ0v) is 19.8. The summed E-state index contributed by atoms with van der Waals surface area (Å²) >= 11 is 12.5. The van der Waals surface area contributed by atoms with Crippen molar-refractivity contribution < 1.29 is 18.3 Å². The van der Waals surface area contributed by atoms with Gasteiger partial charge in [-0.1, -0.05) is 73.5 Å². The van der Waals surface area contributed by atoms with Crippen molar-refractivity contribution in [2.45, 2.75) is 62.2 Å². The molecule has 1 heterocycles. The molecule has 3 rings (SSSR count). The van der Waals surface area contributed by atoms with Crippen molar-refractivity contribution in [2.24, 2.45) is 0 Å². The molecule has 31 heavy (non-hydrogen) atoms. The van der Waals surface area contributed by atoms with E-state index in [4.69, 9.17) is 28.3 Å². The number of nitrogens with zero attached hydrogens (tertiary/aromatic N) is 1. The van der Waals surface area contributed by atoms with Crippen molar-refractivity contribution in [3.8, 4) is 0 Å². The summed E-state index contributed by atoms with van der Waals surface area (Å²) in [5.74, 6) is -0.850. The molecular weight excluding hydrogens is 457 g/mol. The van der Waals surface area contributed by atoms with E-state index < -0.39 is 16.0 Å². The van der Waals surface area contributed by atoms with Crippen molar-refractivity contribution >= 4 is 44.9 Å². The lowest BCUT2D eigenvalue weighted by Gasteiger charge is -2.21. The number of aliphatic carboxylic acids is 1. The van der Waals surface area contributed by atoms with E-state index in [1.54, 1.807) is 13.1 Å². The van der Waals surface area contributed by atoms with Gasteiger partial charge in [0.1, 0.15) is 0 Å². The van der Waals surface area contributed by atoms with Crippen molar-refractivity contribution in [1.29, 1.82) is 0 Å². The number of para-hydroxylation sites is 1. The van der Waals surface area contributed by atoms with E-state index in [9.17, 15) is 13.2 Å². The molecule has 2 aromatic carbocycles. The molecule has 0 aliphatic carbocycles. The fraction of sp³-hybridized carbons (Fsp3) is 0.435. The number of rotatable bonds is 9. The molecule has 0 fully saturated rings. The highest BCUT2D eigenvalue weighted by Gasteiger charge is 2.35. The van der Waals surface area contributed by atoms with Crippen molar-refractivity contribution in [3.63, 3.8) is 0 Å². The highest BCUT2D eigenvalue weighted by Crippen LogP contribution is 2.45. The molecule has 8 heteroatoms. The van der Waals surface area contributed by atoms with Crippen molar-refractivity contribution in [3.05, 3.63) is 57.6 Å². The van der Waals surface area contributed by atoms with Gasteiger partial charge in [-0.15, -0.1) is 0 Å². The Morgan fingerprint density at radius 3 is 2.29 bits per heavy atom. The second-order valence-electron chi connectivity index (χ2n) is 7.94. The molecule has 0 amide bonds. The minimum absolute atomic E-state index is 0.104. The molecular formula is C23H27Cl2NO4S. The van der Waals surface area contributed by atoms with Crippen LogP contribution in [0.1, 0.15) is 68.4 Å². The van der Waals surface area contributed by atoms with Crippen LogP contribution in [0.5, 0.6) is 0 Å². The zero-order chi connectivity index (χ0) is 22.6. The highest BCUT2D eigenvalue weighted by molar-refractivity contribution is 7.92. The number of unbranched alkanes of at least 4 members (excludes halogenated alkanes) is 5. The summed E-state index contributed by atoms with van der Waals surface area (Å²) in [6, 6.07) is 10.7. The monoisotopic (exact) mass is 483 g/mol. The number of carboxylic acid groups (broad SMARTS) is 1. The van der Waals surface area contributed by atoms with E-state index in [0.717, 1.165) is 44.1 Å². The largest absolute Gasteiger partial charge is 0.481 e. The van der Waals surface area contributed by atoms with Gasteiger partial charge in [0.25, 0.3) is 10.0 Å². The van der Waals surface area contributed by atoms with Gasteiger partial charge < -0.3 is 5.11 Å². The number of carboxylic acids is 1. The van der Waals surface area contributed by atoms with Gasteiger partial charge in [-0.3, -0.25) is 9.10 Å². The first-order chi connectivity index (χ1) is 14.7. The van der Waals surface area contributed by atoms with Gasteiger partial charge >= 0.3 is 5.97 Å². The number of carbonyl (C=O) groups is 1. The molecule has 0 bridgehead atoms. The Morgan fingerprint density at radius 2 is 1.58 bits per heavy atom. The van der Waals surface area contributed by atoms with Crippen LogP contribution in [0.3, 0.4) is 0 Å². The predicted octanol–water partition coefficient (Wildman–Crippen LogP) is 6.47. The van der Waals surface area contributed by atoms with Crippen molar-refractivity contribution in [2.75, 3.05) is 11.4 Å². The third-order valence-electron chi connectivity index (χ3n) is 5.85. The first-order valence-electron chi connectivity index (χ1n) is 10.5. The smallest absolute Gasteiger partial charge is 0.303 e. The first-order valence-corrected chi connectivity index (χ1v) is 12.7. The van der Waals surface area contributed by atoms with Crippen LogP contribution in [-0.4, -0.2) is 26.5 Å². The Labute approximate surface area is 194 Å². The van der Waals surface area contributed by atoms with Crippen LogP contribution in [0, 0.1) is 0 Å². The molecule has 2 aromatic rings. The molecule has 0 radical (unpaired) electrons. The number of hydrogen-bond donors (Lipinski definition) is 1. The van der Waals surface area contributed by atoms with Crippen LogP contribution in [0.2, 0.25) is 10.0 Å². The topological polar surface area (TPSA) is 74.7 Å². The SMILES string of the molecule is CN1c2ccccc2C(CCCCCCCCC(=O)O)c2cc(Cl)c(Cl)cc2S1(=O)=O. The fourth-order valence-corrected chi connectivity index (χ4v) is 6.08. The molecule has 0 aromatic heterocycles. The molecule has 1 unspecified atom stereocenters. The average Bonchev–Trinajstić information content (AvgIpc) is 2.79. The lowest BCUT2D eigenvalue weighted by Crippen LogP contribution is -2.26. The van der Waals surface area contributed by atoms with E-state index >= 15 is 0 Å². The summed E-state index contributed by atoms with van der Waals surface area (Å²) in [5.41, 5.74) is 2.32. The average molecular weight is 484 g/mol. The second kappa shape index (κ2) is 10.2. The maximum Gasteiger partial charge on any atom is 0.303 e. The summed E-state index contributed by atoms with van der Waals surface area (Å²) < 4.78 is 27.9. The third kappa shape index (κ3) is 5.36. The molecule has 0 spiro atoms. The standard InChI is InChI=1S/C23H27Cl2NO4S/c1-26-21-12-9-8-11-17(21)16(10-6-4-2-3-5-7-13-23(27)28)18-14-19(24)20(25)15-22(18)31(26,29)30/h8-9,11-12,14-16H,2-7,10,13H2,1H3,(H,27,28). The number of halogens is 2. The molecule has 1 atom stereocenters. The second-order valence-corrected chi connectivity index (χ2v) is 10.7. The number of benzene rings is 2. The minimum Gasteiger partial charge on any atom is -0.481 e. The molecule has 0 saturated carbocycles. The van der Waals surface area contributed by atoms with Crippen LogP contribution in [-0.2, 0) is 14.8 Å². The summed E-state index contributed by atoms with van der Waals surface area (Å²) in [7, 11) is -2.18. The van der Waals surface area contributed by atoms with E-state index in [0.29, 0.717) is 22.7 Å². The maximum absolute atomic E-state index is 13.3. The zero-order valence-electron chi connectivity index (χ0n) is 17.5. The summed E-state index contributed by atoms with van der Waals surface area (Å²) in [6.07, 6.45) is 6.61. The lowest BCUT2D eigenvalue weighted by molar-refractivity contribution is -0.137. The van der Waals surface area contributed by atoms with Crippen LogP contribution >= 0.6 is 23.2 Å². The van der Waals surface area contributed by atoms with Crippen LogP contribution < -0.4 is 4.31 Å². The highest BCUT2D eigenvalue weighted by atomic mass is 35.5. The summed E-state index contributed by atoms with van der Waals surface area (Å²) in [4.78, 5) is 10.8. The van der Waals surface area contributed by atoms with Gasteiger partial charge in [-0.05, 0) is 42.2 Å². The molecule has 1 aliphatic rings. The van der Waals surface area contributed by atoms with Gasteiger partial charge in [-0.25, -0.2) is 8.42 Å². The van der Waals surface area contributed by atoms with Gasteiger partial charge in [-0.2, -0.15) is 0 Å². The van der Waals surface area contributed by atoms with E-state index in [2.05, 4.69) is 0 Å². The number of anilines is 1. The summed E-state index contributed by atoms with van der Waals surface area (Å²) in [6.45, 7) is 0. The number of hydrogen-bond acceptors (Lipinski definition) is 3. The number of fused-ring (bicyclic) bond motifs is 2. The van der Waals surface area contributed by atoms with Gasteiger partial charge in [0, 0.05) is 19.4 Å². The predicted molar refractivity (Wildman–Crippen MR) is 125 cm³/mol. The molecule has 168 valence electrons. The van der Waals surface area contributed by atoms with Crippen LogP contribution in [0.25, 0.3) is 0 Å². The van der Waals surface area contributed by atoms with E-state index in [1.165, 1.54) is 10.4 Å². The molecule has 5 nitrogen and oxygen atoms in total. The molecule has 0 saturated heterocycles. The van der Waals surface area contributed by atoms with Gasteiger partial charge in [0.2, 0.25) is 0 Å². The quantitative estimate of drug-likeness (QED) is 0.414. The number of sulfonamides is 1. The van der Waals surface area contributed by atoms with Gasteiger partial charge in [0.15, 0.2) is 0 Å². The Morgan fingerprint density at radius 1 is 0.968 bits per heavy atom. The Kier molecular flexibility index (Phi) is 7.89. The molecule has 1 N–H and O–H groups in total.